The van der Waals surface area contributed by atoms with E-state index in [1.54, 1.807) is 0 Å². The standard InChI is InChI=1S/C16H33N3/c1-5-16(13-19(6-2)14-16)8-10-18(4)12-15-7-9-17(3)11-15/h15H,5-14H2,1-4H3. The summed E-state index contributed by atoms with van der Waals surface area (Å²) in [6.45, 7) is 13.7. The molecule has 1 atom stereocenters. The molecule has 3 nitrogen and oxygen atoms in total. The second-order valence-corrected chi connectivity index (χ2v) is 7.09. The Bertz CT molecular complexity index is 273. The van der Waals surface area contributed by atoms with Crippen molar-refractivity contribution >= 4 is 0 Å². The number of nitrogens with zero attached hydrogens (tertiary/aromatic N) is 3. The lowest BCUT2D eigenvalue weighted by Crippen LogP contribution is -2.56. The van der Waals surface area contributed by atoms with Crippen LogP contribution in [-0.2, 0) is 0 Å². The van der Waals surface area contributed by atoms with E-state index in [2.05, 4.69) is 42.6 Å². The zero-order chi connectivity index (χ0) is 13.9. The van der Waals surface area contributed by atoms with Crippen LogP contribution in [0.25, 0.3) is 0 Å². The molecule has 2 aliphatic rings. The molecule has 0 radical (unpaired) electrons. The van der Waals surface area contributed by atoms with Gasteiger partial charge in [-0.15, -0.1) is 0 Å². The van der Waals surface area contributed by atoms with Gasteiger partial charge in [-0.2, -0.15) is 0 Å². The molecule has 2 saturated heterocycles. The van der Waals surface area contributed by atoms with Crippen molar-refractivity contribution in [1.82, 2.24) is 14.7 Å². The third kappa shape index (κ3) is 3.93. The Labute approximate surface area is 119 Å². The minimum absolute atomic E-state index is 0.636. The Morgan fingerprint density at radius 1 is 1.26 bits per heavy atom. The highest BCUT2D eigenvalue weighted by molar-refractivity contribution is 4.93. The average Bonchev–Trinajstić information content (AvgIpc) is 2.74. The van der Waals surface area contributed by atoms with Crippen molar-refractivity contribution < 1.29 is 0 Å². The van der Waals surface area contributed by atoms with Crippen molar-refractivity contribution in [3.63, 3.8) is 0 Å². The first-order chi connectivity index (χ1) is 9.07. The van der Waals surface area contributed by atoms with Crippen molar-refractivity contribution in [2.75, 3.05) is 59.9 Å². The molecule has 0 aromatic rings. The second kappa shape index (κ2) is 6.55. The first-order valence-electron chi connectivity index (χ1n) is 8.16. The highest BCUT2D eigenvalue weighted by Crippen LogP contribution is 2.37. The Kier molecular flexibility index (Phi) is 5.27. The molecule has 0 aliphatic carbocycles. The summed E-state index contributed by atoms with van der Waals surface area (Å²) in [5.74, 6) is 0.904. The molecular weight excluding hydrogens is 234 g/mol. The van der Waals surface area contributed by atoms with Gasteiger partial charge in [0.05, 0.1) is 0 Å². The summed E-state index contributed by atoms with van der Waals surface area (Å²) >= 11 is 0. The van der Waals surface area contributed by atoms with Crippen molar-refractivity contribution in [3.8, 4) is 0 Å². The van der Waals surface area contributed by atoms with Gasteiger partial charge in [0.2, 0.25) is 0 Å². The zero-order valence-electron chi connectivity index (χ0n) is 13.5. The first-order valence-corrected chi connectivity index (χ1v) is 8.16. The SMILES string of the molecule is CCN1CC(CC)(CCN(C)CC2CCN(C)C2)C1. The maximum Gasteiger partial charge on any atom is 0.00507 e. The predicted octanol–water partition coefficient (Wildman–Crippen LogP) is 1.99. The normalized spacial score (nSPS) is 27.9. The zero-order valence-corrected chi connectivity index (χ0v) is 13.5. The minimum Gasteiger partial charge on any atom is -0.306 e. The highest BCUT2D eigenvalue weighted by Gasteiger charge is 2.40. The van der Waals surface area contributed by atoms with E-state index < -0.39 is 0 Å². The van der Waals surface area contributed by atoms with E-state index in [1.165, 1.54) is 65.1 Å². The highest BCUT2D eigenvalue weighted by atomic mass is 15.2. The molecule has 3 heteroatoms. The van der Waals surface area contributed by atoms with Crippen LogP contribution in [0.2, 0.25) is 0 Å². The summed E-state index contributed by atoms with van der Waals surface area (Å²) in [5.41, 5.74) is 0.636. The number of rotatable bonds is 7. The van der Waals surface area contributed by atoms with Crippen LogP contribution in [0.1, 0.15) is 33.1 Å². The summed E-state index contributed by atoms with van der Waals surface area (Å²) in [5, 5.41) is 0. The molecule has 19 heavy (non-hydrogen) atoms. The monoisotopic (exact) mass is 267 g/mol. The van der Waals surface area contributed by atoms with Gasteiger partial charge in [-0.05, 0) is 64.3 Å². The molecule has 0 amide bonds. The van der Waals surface area contributed by atoms with Crippen molar-refractivity contribution in [2.45, 2.75) is 33.1 Å². The van der Waals surface area contributed by atoms with Crippen LogP contribution in [0.3, 0.4) is 0 Å². The van der Waals surface area contributed by atoms with E-state index in [0.29, 0.717) is 5.41 Å². The number of likely N-dealkylation sites (tertiary alicyclic amines) is 2. The van der Waals surface area contributed by atoms with E-state index >= 15 is 0 Å². The molecule has 0 N–H and O–H groups in total. The molecule has 2 aliphatic heterocycles. The fourth-order valence-electron chi connectivity index (χ4n) is 3.82. The summed E-state index contributed by atoms with van der Waals surface area (Å²) in [7, 11) is 4.57. The summed E-state index contributed by atoms with van der Waals surface area (Å²) in [6.07, 6.45) is 4.13. The minimum atomic E-state index is 0.636. The maximum atomic E-state index is 2.58. The van der Waals surface area contributed by atoms with E-state index in [4.69, 9.17) is 0 Å². The van der Waals surface area contributed by atoms with E-state index in [-0.39, 0.29) is 0 Å². The molecule has 1 unspecified atom stereocenters. The molecule has 0 aromatic carbocycles. The van der Waals surface area contributed by atoms with Gasteiger partial charge >= 0.3 is 0 Å². The maximum absolute atomic E-state index is 2.58. The van der Waals surface area contributed by atoms with Crippen molar-refractivity contribution in [2.24, 2.45) is 11.3 Å². The van der Waals surface area contributed by atoms with Gasteiger partial charge in [0, 0.05) is 26.2 Å². The first kappa shape index (κ1) is 15.3. The van der Waals surface area contributed by atoms with Gasteiger partial charge in [0.1, 0.15) is 0 Å². The van der Waals surface area contributed by atoms with E-state index in [0.717, 1.165) is 5.92 Å². The third-order valence-corrected chi connectivity index (χ3v) is 5.40. The third-order valence-electron chi connectivity index (χ3n) is 5.40. The van der Waals surface area contributed by atoms with Gasteiger partial charge < -0.3 is 14.7 Å². The van der Waals surface area contributed by atoms with Gasteiger partial charge in [0.25, 0.3) is 0 Å². The molecule has 0 saturated carbocycles. The largest absolute Gasteiger partial charge is 0.306 e. The second-order valence-electron chi connectivity index (χ2n) is 7.09. The van der Waals surface area contributed by atoms with Crippen LogP contribution in [0.15, 0.2) is 0 Å². The fourth-order valence-corrected chi connectivity index (χ4v) is 3.82. The quantitative estimate of drug-likeness (QED) is 0.698. The Morgan fingerprint density at radius 2 is 2.00 bits per heavy atom. The smallest absolute Gasteiger partial charge is 0.00507 e. The van der Waals surface area contributed by atoms with Crippen LogP contribution >= 0.6 is 0 Å². The Hall–Kier alpha value is -0.120. The molecule has 0 aromatic heterocycles. The average molecular weight is 267 g/mol. The molecule has 2 heterocycles. The summed E-state index contributed by atoms with van der Waals surface area (Å²) < 4.78 is 0. The Morgan fingerprint density at radius 3 is 2.53 bits per heavy atom. The lowest BCUT2D eigenvalue weighted by molar-refractivity contribution is -0.0116. The lowest BCUT2D eigenvalue weighted by atomic mass is 9.74. The fraction of sp³-hybridized carbons (Fsp3) is 1.00. The molecule has 112 valence electrons. The molecule has 0 bridgehead atoms. The Balaban J connectivity index is 1.67. The van der Waals surface area contributed by atoms with Crippen molar-refractivity contribution in [1.29, 1.82) is 0 Å². The topological polar surface area (TPSA) is 9.72 Å². The van der Waals surface area contributed by atoms with Crippen LogP contribution in [0.5, 0.6) is 0 Å². The predicted molar refractivity (Wildman–Crippen MR) is 82.6 cm³/mol. The van der Waals surface area contributed by atoms with Crippen LogP contribution in [-0.4, -0.2) is 74.6 Å². The van der Waals surface area contributed by atoms with E-state index in [9.17, 15) is 0 Å². The van der Waals surface area contributed by atoms with Crippen molar-refractivity contribution in [3.05, 3.63) is 0 Å². The molecule has 2 fully saturated rings. The van der Waals surface area contributed by atoms with Crippen LogP contribution < -0.4 is 0 Å². The molecule has 0 spiro atoms. The van der Waals surface area contributed by atoms with Crippen LogP contribution in [0, 0.1) is 11.3 Å². The van der Waals surface area contributed by atoms with Crippen LogP contribution in [0.4, 0.5) is 0 Å². The number of hydrogen-bond acceptors (Lipinski definition) is 3. The summed E-state index contributed by atoms with van der Waals surface area (Å²) in [6, 6.07) is 0. The lowest BCUT2D eigenvalue weighted by Gasteiger charge is -2.50. The molecule has 2 rings (SSSR count). The summed E-state index contributed by atoms with van der Waals surface area (Å²) in [4.78, 5) is 7.63. The van der Waals surface area contributed by atoms with Gasteiger partial charge in [-0.1, -0.05) is 13.8 Å². The number of hydrogen-bond donors (Lipinski definition) is 0. The van der Waals surface area contributed by atoms with E-state index in [1.807, 2.05) is 0 Å². The van der Waals surface area contributed by atoms with Gasteiger partial charge in [-0.3, -0.25) is 0 Å². The van der Waals surface area contributed by atoms with Gasteiger partial charge in [0.15, 0.2) is 0 Å². The molecular formula is C16H33N3. The van der Waals surface area contributed by atoms with Gasteiger partial charge in [-0.25, -0.2) is 0 Å².